The third-order valence-corrected chi connectivity index (χ3v) is 7.28. The SMILES string of the molecule is O=C(NC1CCOC1C(=O)N1CCC(O)(C(=O)O)CC1)OCC1c2ccccc2-c2ccccc21. The van der Waals surface area contributed by atoms with Crippen LogP contribution >= 0.6 is 0 Å². The molecule has 0 aromatic heterocycles. The van der Waals surface area contributed by atoms with Crippen LogP contribution < -0.4 is 5.32 Å². The molecule has 9 nitrogen and oxygen atoms in total. The lowest BCUT2D eigenvalue weighted by Crippen LogP contribution is -2.55. The summed E-state index contributed by atoms with van der Waals surface area (Å²) in [5.74, 6) is -1.66. The zero-order chi connectivity index (χ0) is 24.6. The van der Waals surface area contributed by atoms with Gasteiger partial charge in [0.1, 0.15) is 6.61 Å². The maximum absolute atomic E-state index is 13.0. The Balaban J connectivity index is 1.18. The first-order valence-corrected chi connectivity index (χ1v) is 11.8. The first-order chi connectivity index (χ1) is 16.9. The number of carboxylic acids is 1. The third kappa shape index (κ3) is 4.37. The van der Waals surface area contributed by atoms with E-state index in [9.17, 15) is 24.6 Å². The number of nitrogens with one attached hydrogen (secondary N) is 1. The number of rotatable bonds is 5. The van der Waals surface area contributed by atoms with E-state index in [0.29, 0.717) is 13.0 Å². The highest BCUT2D eigenvalue weighted by molar-refractivity contribution is 5.84. The second-order valence-corrected chi connectivity index (χ2v) is 9.32. The maximum Gasteiger partial charge on any atom is 0.407 e. The summed E-state index contributed by atoms with van der Waals surface area (Å²) in [5, 5.41) is 22.1. The smallest absolute Gasteiger partial charge is 0.407 e. The molecule has 35 heavy (non-hydrogen) atoms. The summed E-state index contributed by atoms with van der Waals surface area (Å²) in [7, 11) is 0. The molecular formula is C26H28N2O7. The van der Waals surface area contributed by atoms with E-state index >= 15 is 0 Å². The van der Waals surface area contributed by atoms with Crippen molar-refractivity contribution >= 4 is 18.0 Å². The lowest BCUT2D eigenvalue weighted by Gasteiger charge is -2.36. The van der Waals surface area contributed by atoms with Gasteiger partial charge >= 0.3 is 12.1 Å². The molecule has 1 aliphatic carbocycles. The van der Waals surface area contributed by atoms with E-state index in [1.54, 1.807) is 0 Å². The minimum atomic E-state index is -1.81. The summed E-state index contributed by atoms with van der Waals surface area (Å²) in [6.45, 7) is 0.710. The predicted octanol–water partition coefficient (Wildman–Crippen LogP) is 2.12. The molecule has 3 N–H and O–H groups in total. The summed E-state index contributed by atoms with van der Waals surface area (Å²) in [6, 6.07) is 15.6. The number of alkyl carbamates (subject to hydrolysis) is 1. The van der Waals surface area contributed by atoms with Gasteiger partial charge in [0.2, 0.25) is 0 Å². The van der Waals surface area contributed by atoms with Crippen LogP contribution in [0.2, 0.25) is 0 Å². The average Bonchev–Trinajstić information content (AvgIpc) is 3.45. The molecule has 5 rings (SSSR count). The average molecular weight is 481 g/mol. The zero-order valence-corrected chi connectivity index (χ0v) is 19.2. The van der Waals surface area contributed by atoms with Crippen molar-refractivity contribution in [3.05, 3.63) is 59.7 Å². The van der Waals surface area contributed by atoms with Crippen LogP contribution in [0, 0.1) is 0 Å². The molecule has 2 atom stereocenters. The molecule has 0 spiro atoms. The number of benzene rings is 2. The van der Waals surface area contributed by atoms with E-state index in [0.717, 1.165) is 22.3 Å². The molecule has 2 unspecified atom stereocenters. The third-order valence-electron chi connectivity index (χ3n) is 7.28. The largest absolute Gasteiger partial charge is 0.479 e. The maximum atomic E-state index is 13.0. The fourth-order valence-corrected chi connectivity index (χ4v) is 5.26. The van der Waals surface area contributed by atoms with Crippen molar-refractivity contribution < 1.29 is 34.1 Å². The van der Waals surface area contributed by atoms with Gasteiger partial charge in [-0.25, -0.2) is 9.59 Å². The molecule has 0 radical (unpaired) electrons. The van der Waals surface area contributed by atoms with Gasteiger partial charge in [-0.05, 0) is 28.7 Å². The molecule has 2 fully saturated rings. The van der Waals surface area contributed by atoms with Crippen LogP contribution in [0.3, 0.4) is 0 Å². The zero-order valence-electron chi connectivity index (χ0n) is 19.2. The topological polar surface area (TPSA) is 125 Å². The van der Waals surface area contributed by atoms with E-state index < -0.39 is 29.8 Å². The standard InChI is InChI=1S/C26H28N2O7/c29-23(28-12-10-26(33,11-13-28)24(30)31)22-21(9-14-34-22)27-25(32)35-15-20-18-7-3-1-5-16(18)17-6-2-4-8-19(17)20/h1-8,20-22,33H,9-15H2,(H,27,32)(H,30,31). The van der Waals surface area contributed by atoms with Gasteiger partial charge in [-0.15, -0.1) is 0 Å². The van der Waals surface area contributed by atoms with Crippen molar-refractivity contribution in [2.24, 2.45) is 0 Å². The lowest BCUT2D eigenvalue weighted by molar-refractivity contribution is -0.166. The second-order valence-electron chi connectivity index (χ2n) is 9.32. The number of piperidine rings is 1. The van der Waals surface area contributed by atoms with E-state index in [1.165, 1.54) is 4.90 Å². The number of carbonyl (C=O) groups excluding carboxylic acids is 2. The Hall–Kier alpha value is -3.43. The number of amides is 2. The van der Waals surface area contributed by atoms with E-state index in [2.05, 4.69) is 17.4 Å². The van der Waals surface area contributed by atoms with Crippen LogP contribution in [-0.4, -0.2) is 77.1 Å². The number of aliphatic carboxylic acids is 1. The van der Waals surface area contributed by atoms with Crippen molar-refractivity contribution in [1.29, 1.82) is 0 Å². The van der Waals surface area contributed by atoms with Crippen molar-refractivity contribution in [2.45, 2.75) is 42.9 Å². The van der Waals surface area contributed by atoms with Crippen LogP contribution in [0.15, 0.2) is 48.5 Å². The highest BCUT2D eigenvalue weighted by Crippen LogP contribution is 2.44. The van der Waals surface area contributed by atoms with Crippen LogP contribution in [0.4, 0.5) is 4.79 Å². The number of fused-ring (bicyclic) bond motifs is 3. The summed E-state index contributed by atoms with van der Waals surface area (Å²) in [5.41, 5.74) is 2.70. The van der Waals surface area contributed by atoms with Crippen molar-refractivity contribution in [3.63, 3.8) is 0 Å². The molecule has 2 heterocycles. The fourth-order valence-electron chi connectivity index (χ4n) is 5.26. The number of nitrogens with zero attached hydrogens (tertiary/aromatic N) is 1. The van der Waals surface area contributed by atoms with Gasteiger partial charge in [0.25, 0.3) is 5.91 Å². The van der Waals surface area contributed by atoms with Gasteiger partial charge in [0, 0.05) is 38.5 Å². The Morgan fingerprint density at radius 2 is 1.63 bits per heavy atom. The summed E-state index contributed by atoms with van der Waals surface area (Å²) in [6.07, 6.45) is -1.12. The summed E-state index contributed by atoms with van der Waals surface area (Å²) >= 11 is 0. The fraction of sp³-hybridized carbons (Fsp3) is 0.423. The minimum Gasteiger partial charge on any atom is -0.479 e. The van der Waals surface area contributed by atoms with Crippen molar-refractivity contribution in [1.82, 2.24) is 10.2 Å². The molecule has 2 aromatic carbocycles. The Morgan fingerprint density at radius 1 is 1.03 bits per heavy atom. The van der Waals surface area contributed by atoms with Gasteiger partial charge in [0.15, 0.2) is 11.7 Å². The molecule has 2 aliphatic heterocycles. The van der Waals surface area contributed by atoms with Gasteiger partial charge in [-0.1, -0.05) is 48.5 Å². The molecular weight excluding hydrogens is 452 g/mol. The molecule has 0 bridgehead atoms. The van der Waals surface area contributed by atoms with Crippen molar-refractivity contribution in [3.8, 4) is 11.1 Å². The highest BCUT2D eigenvalue weighted by atomic mass is 16.6. The van der Waals surface area contributed by atoms with E-state index in [4.69, 9.17) is 9.47 Å². The first kappa shape index (κ1) is 23.3. The van der Waals surface area contributed by atoms with E-state index in [-0.39, 0.29) is 44.4 Å². The number of hydrogen-bond acceptors (Lipinski definition) is 6. The number of hydrogen-bond donors (Lipinski definition) is 3. The lowest BCUT2D eigenvalue weighted by atomic mass is 9.91. The first-order valence-electron chi connectivity index (χ1n) is 11.8. The van der Waals surface area contributed by atoms with Gasteiger partial charge in [-0.3, -0.25) is 4.79 Å². The Morgan fingerprint density at radius 3 is 2.23 bits per heavy atom. The van der Waals surface area contributed by atoms with Crippen LogP contribution in [0.25, 0.3) is 11.1 Å². The van der Waals surface area contributed by atoms with Gasteiger partial charge in [-0.2, -0.15) is 0 Å². The molecule has 0 saturated carbocycles. The number of carbonyl (C=O) groups is 3. The monoisotopic (exact) mass is 480 g/mol. The number of carboxylic acid groups (broad SMARTS) is 1. The Bertz CT molecular complexity index is 1100. The van der Waals surface area contributed by atoms with Gasteiger partial charge < -0.3 is 29.9 Å². The molecule has 3 aliphatic rings. The van der Waals surface area contributed by atoms with Crippen LogP contribution in [0.5, 0.6) is 0 Å². The Labute approximate surface area is 202 Å². The van der Waals surface area contributed by atoms with E-state index in [1.807, 2.05) is 36.4 Å². The molecule has 2 aromatic rings. The van der Waals surface area contributed by atoms with Crippen molar-refractivity contribution in [2.75, 3.05) is 26.3 Å². The number of likely N-dealkylation sites (tertiary alicyclic amines) is 1. The summed E-state index contributed by atoms with van der Waals surface area (Å²) in [4.78, 5) is 38.4. The molecule has 2 saturated heterocycles. The molecule has 9 heteroatoms. The summed E-state index contributed by atoms with van der Waals surface area (Å²) < 4.78 is 11.2. The van der Waals surface area contributed by atoms with Gasteiger partial charge in [0.05, 0.1) is 6.04 Å². The molecule has 184 valence electrons. The minimum absolute atomic E-state index is 0.0503. The normalized spacial score (nSPS) is 22.8. The second kappa shape index (κ2) is 9.31. The number of ether oxygens (including phenoxy) is 2. The molecule has 2 amide bonds. The van der Waals surface area contributed by atoms with Crippen LogP contribution in [0.1, 0.15) is 36.3 Å². The Kier molecular flexibility index (Phi) is 6.21. The quantitative estimate of drug-likeness (QED) is 0.599. The highest BCUT2D eigenvalue weighted by Gasteiger charge is 2.44. The predicted molar refractivity (Wildman–Crippen MR) is 125 cm³/mol. The van der Waals surface area contributed by atoms with Crippen LogP contribution in [-0.2, 0) is 19.1 Å². The number of aliphatic hydroxyl groups is 1.